The number of para-hydroxylation sites is 1. The van der Waals surface area contributed by atoms with Crippen LogP contribution in [0, 0.1) is 0 Å². The molecule has 2 rings (SSSR count). The van der Waals surface area contributed by atoms with Crippen molar-refractivity contribution in [3.63, 3.8) is 0 Å². The van der Waals surface area contributed by atoms with Crippen molar-refractivity contribution >= 4 is 18.3 Å². The summed E-state index contributed by atoms with van der Waals surface area (Å²) in [5.41, 5.74) is 5.26. The summed E-state index contributed by atoms with van der Waals surface area (Å²) in [6.07, 6.45) is 6.75. The van der Waals surface area contributed by atoms with Gasteiger partial charge in [-0.05, 0) is 38.8 Å². The van der Waals surface area contributed by atoms with E-state index in [1.165, 1.54) is 12.8 Å². The van der Waals surface area contributed by atoms with Crippen molar-refractivity contribution in [2.75, 3.05) is 6.54 Å². The van der Waals surface area contributed by atoms with Crippen LogP contribution < -0.4 is 15.8 Å². The first kappa shape index (κ1) is 19.8. The van der Waals surface area contributed by atoms with Crippen molar-refractivity contribution in [3.8, 4) is 5.75 Å². The quantitative estimate of drug-likeness (QED) is 0.807. The molecule has 0 atom stereocenters. The second kappa shape index (κ2) is 8.55. The van der Waals surface area contributed by atoms with E-state index in [4.69, 9.17) is 10.5 Å². The molecule has 1 amide bonds. The van der Waals surface area contributed by atoms with Crippen LogP contribution in [0.5, 0.6) is 5.75 Å². The minimum atomic E-state index is -0.914. The van der Waals surface area contributed by atoms with Gasteiger partial charge in [0.2, 0.25) is 0 Å². The molecule has 1 saturated carbocycles. The fourth-order valence-corrected chi connectivity index (χ4v) is 2.91. The molecule has 0 bridgehead atoms. The van der Waals surface area contributed by atoms with E-state index in [1.807, 2.05) is 30.3 Å². The molecule has 1 aromatic rings. The maximum atomic E-state index is 12.4. The predicted octanol–water partition coefficient (Wildman–Crippen LogP) is 3.43. The number of hydrogen-bond donors (Lipinski definition) is 2. The van der Waals surface area contributed by atoms with Crippen molar-refractivity contribution in [2.24, 2.45) is 5.73 Å². The van der Waals surface area contributed by atoms with Crippen molar-refractivity contribution in [1.29, 1.82) is 0 Å². The van der Waals surface area contributed by atoms with Crippen molar-refractivity contribution < 1.29 is 9.53 Å². The van der Waals surface area contributed by atoms with Crippen LogP contribution in [-0.4, -0.2) is 23.6 Å². The summed E-state index contributed by atoms with van der Waals surface area (Å²) in [4.78, 5) is 12.4. The van der Waals surface area contributed by atoms with E-state index in [0.717, 1.165) is 25.7 Å². The molecule has 0 aromatic heterocycles. The Bertz CT molecular complexity index is 483. The SMILES string of the molecule is CC(C)(Oc1ccccc1)C(=O)NCC1(N)CCCCCC1.Cl. The van der Waals surface area contributed by atoms with E-state index >= 15 is 0 Å². The zero-order chi connectivity index (χ0) is 16.1. The average Bonchev–Trinajstić information content (AvgIpc) is 2.70. The Morgan fingerprint density at radius 2 is 1.74 bits per heavy atom. The molecule has 1 aliphatic carbocycles. The number of ether oxygens (including phenoxy) is 1. The van der Waals surface area contributed by atoms with Crippen LogP contribution in [0.1, 0.15) is 52.4 Å². The fourth-order valence-electron chi connectivity index (χ4n) is 2.91. The van der Waals surface area contributed by atoms with Gasteiger partial charge in [0.25, 0.3) is 5.91 Å². The molecule has 130 valence electrons. The number of nitrogens with one attached hydrogen (secondary N) is 1. The first-order valence-electron chi connectivity index (χ1n) is 8.23. The van der Waals surface area contributed by atoms with Gasteiger partial charge in [0.15, 0.2) is 5.60 Å². The van der Waals surface area contributed by atoms with Crippen LogP contribution >= 0.6 is 12.4 Å². The van der Waals surface area contributed by atoms with Crippen LogP contribution in [0.25, 0.3) is 0 Å². The Balaban J connectivity index is 0.00000264. The molecule has 0 heterocycles. The molecular formula is C18H29ClN2O2. The molecular weight excluding hydrogens is 312 g/mol. The van der Waals surface area contributed by atoms with Gasteiger partial charge in [0, 0.05) is 12.1 Å². The van der Waals surface area contributed by atoms with E-state index in [0.29, 0.717) is 12.3 Å². The van der Waals surface area contributed by atoms with Gasteiger partial charge in [-0.15, -0.1) is 12.4 Å². The second-order valence-corrected chi connectivity index (χ2v) is 6.88. The van der Waals surface area contributed by atoms with Crippen LogP contribution in [0.3, 0.4) is 0 Å². The molecule has 1 aromatic carbocycles. The topological polar surface area (TPSA) is 64.3 Å². The Hall–Kier alpha value is -1.26. The number of rotatable bonds is 5. The molecule has 5 heteroatoms. The van der Waals surface area contributed by atoms with Gasteiger partial charge in [-0.2, -0.15) is 0 Å². The Kier molecular flexibility index (Phi) is 7.36. The summed E-state index contributed by atoms with van der Waals surface area (Å²) in [7, 11) is 0. The fraction of sp³-hybridized carbons (Fsp3) is 0.611. The number of carbonyl (C=O) groups is 1. The number of carbonyl (C=O) groups excluding carboxylic acids is 1. The molecule has 1 aliphatic rings. The monoisotopic (exact) mass is 340 g/mol. The van der Waals surface area contributed by atoms with E-state index in [9.17, 15) is 4.79 Å². The lowest BCUT2D eigenvalue weighted by Crippen LogP contribution is -2.54. The van der Waals surface area contributed by atoms with Gasteiger partial charge < -0.3 is 15.8 Å². The Morgan fingerprint density at radius 3 is 2.30 bits per heavy atom. The normalized spacial score (nSPS) is 17.5. The number of benzene rings is 1. The highest BCUT2D eigenvalue weighted by atomic mass is 35.5. The Morgan fingerprint density at radius 1 is 1.17 bits per heavy atom. The minimum Gasteiger partial charge on any atom is -0.478 e. The summed E-state index contributed by atoms with van der Waals surface area (Å²) in [5.74, 6) is 0.574. The molecule has 0 unspecified atom stereocenters. The lowest BCUT2D eigenvalue weighted by Gasteiger charge is -2.31. The van der Waals surface area contributed by atoms with Gasteiger partial charge >= 0.3 is 0 Å². The third-order valence-electron chi connectivity index (χ3n) is 4.36. The van der Waals surface area contributed by atoms with Crippen molar-refractivity contribution in [2.45, 2.75) is 63.5 Å². The second-order valence-electron chi connectivity index (χ2n) is 6.88. The van der Waals surface area contributed by atoms with Gasteiger partial charge in [-0.3, -0.25) is 4.79 Å². The minimum absolute atomic E-state index is 0. The number of amides is 1. The molecule has 0 saturated heterocycles. The summed E-state index contributed by atoms with van der Waals surface area (Å²) in [6, 6.07) is 9.41. The van der Waals surface area contributed by atoms with E-state index in [-0.39, 0.29) is 23.9 Å². The van der Waals surface area contributed by atoms with Crippen LogP contribution in [0.15, 0.2) is 30.3 Å². The van der Waals surface area contributed by atoms with Gasteiger partial charge in [-0.25, -0.2) is 0 Å². The zero-order valence-corrected chi connectivity index (χ0v) is 15.0. The summed E-state index contributed by atoms with van der Waals surface area (Å²) >= 11 is 0. The van der Waals surface area contributed by atoms with Crippen LogP contribution in [0.4, 0.5) is 0 Å². The molecule has 0 aliphatic heterocycles. The highest BCUT2D eigenvalue weighted by Crippen LogP contribution is 2.25. The van der Waals surface area contributed by atoms with Crippen molar-refractivity contribution in [1.82, 2.24) is 5.32 Å². The largest absolute Gasteiger partial charge is 0.478 e. The standard InChI is InChI=1S/C18H28N2O2.ClH/c1-17(2,22-15-10-6-5-7-11-15)16(21)20-14-18(19)12-8-3-4-9-13-18;/h5-7,10-11H,3-4,8-9,12-14,19H2,1-2H3,(H,20,21);1H. The van der Waals surface area contributed by atoms with Crippen LogP contribution in [-0.2, 0) is 4.79 Å². The summed E-state index contributed by atoms with van der Waals surface area (Å²) in [5, 5.41) is 2.99. The highest BCUT2D eigenvalue weighted by Gasteiger charge is 2.33. The molecule has 0 radical (unpaired) electrons. The maximum Gasteiger partial charge on any atom is 0.263 e. The number of nitrogens with two attached hydrogens (primary N) is 1. The van der Waals surface area contributed by atoms with E-state index < -0.39 is 5.60 Å². The van der Waals surface area contributed by atoms with Gasteiger partial charge in [0.1, 0.15) is 5.75 Å². The van der Waals surface area contributed by atoms with E-state index in [1.54, 1.807) is 13.8 Å². The Labute approximate surface area is 145 Å². The van der Waals surface area contributed by atoms with Gasteiger partial charge in [-0.1, -0.05) is 43.9 Å². The number of hydrogen-bond acceptors (Lipinski definition) is 3. The zero-order valence-electron chi connectivity index (χ0n) is 14.1. The summed E-state index contributed by atoms with van der Waals surface area (Å²) in [6.45, 7) is 4.09. The lowest BCUT2D eigenvalue weighted by molar-refractivity contribution is -0.134. The molecule has 1 fully saturated rings. The van der Waals surface area contributed by atoms with E-state index in [2.05, 4.69) is 5.32 Å². The summed E-state index contributed by atoms with van der Waals surface area (Å²) < 4.78 is 5.81. The smallest absolute Gasteiger partial charge is 0.263 e. The maximum absolute atomic E-state index is 12.4. The number of halogens is 1. The van der Waals surface area contributed by atoms with Crippen LogP contribution in [0.2, 0.25) is 0 Å². The van der Waals surface area contributed by atoms with Crippen molar-refractivity contribution in [3.05, 3.63) is 30.3 Å². The third kappa shape index (κ3) is 6.04. The third-order valence-corrected chi connectivity index (χ3v) is 4.36. The first-order valence-corrected chi connectivity index (χ1v) is 8.23. The average molecular weight is 341 g/mol. The molecule has 3 N–H and O–H groups in total. The first-order chi connectivity index (χ1) is 10.4. The molecule has 23 heavy (non-hydrogen) atoms. The lowest BCUT2D eigenvalue weighted by atomic mass is 9.91. The molecule has 0 spiro atoms. The highest BCUT2D eigenvalue weighted by molar-refractivity contribution is 5.85. The predicted molar refractivity (Wildman–Crippen MR) is 96.0 cm³/mol. The van der Waals surface area contributed by atoms with Gasteiger partial charge in [0.05, 0.1) is 0 Å². The molecule has 4 nitrogen and oxygen atoms in total.